The highest BCUT2D eigenvalue weighted by atomic mass is 19.4. The maximum atomic E-state index is 13.1. The molecule has 0 fully saturated rings. The predicted molar refractivity (Wildman–Crippen MR) is 131 cm³/mol. The second-order valence-corrected chi connectivity index (χ2v) is 8.85. The van der Waals surface area contributed by atoms with E-state index in [9.17, 15) is 22.8 Å². The van der Waals surface area contributed by atoms with Gasteiger partial charge in [0.15, 0.2) is 0 Å². The van der Waals surface area contributed by atoms with Gasteiger partial charge in [-0.15, -0.1) is 0 Å². The standard InChI is InChI=1S/C27H30F3N3O2/c1-18(2)26(35)32(4)14-9-15-33-19(3)23(17-24(33)20-10-6-5-7-11-20)25(34)31-22-13-8-12-21(16-22)27(28,29)30/h5-8,10-13,16-18H,9,14-15H2,1-4H3,(H,31,34). The Labute approximate surface area is 203 Å². The summed E-state index contributed by atoms with van der Waals surface area (Å²) in [6.45, 7) is 6.67. The van der Waals surface area contributed by atoms with E-state index in [-0.39, 0.29) is 17.5 Å². The normalized spacial score (nSPS) is 11.5. The Morgan fingerprint density at radius 1 is 1.03 bits per heavy atom. The lowest BCUT2D eigenvalue weighted by molar-refractivity contribution is -0.137. The van der Waals surface area contributed by atoms with Crippen LogP contribution in [-0.4, -0.2) is 34.9 Å². The highest BCUT2D eigenvalue weighted by Gasteiger charge is 2.30. The Bertz CT molecular complexity index is 1180. The molecule has 8 heteroatoms. The van der Waals surface area contributed by atoms with Gasteiger partial charge in [-0.2, -0.15) is 13.2 Å². The van der Waals surface area contributed by atoms with Crippen LogP contribution in [0.4, 0.5) is 18.9 Å². The van der Waals surface area contributed by atoms with Crippen molar-refractivity contribution in [2.75, 3.05) is 18.9 Å². The molecule has 186 valence electrons. The molecule has 1 N–H and O–H groups in total. The first-order chi connectivity index (χ1) is 16.5. The molecule has 0 bridgehead atoms. The number of amides is 2. The quantitative estimate of drug-likeness (QED) is 0.411. The molecule has 0 saturated heterocycles. The summed E-state index contributed by atoms with van der Waals surface area (Å²) < 4.78 is 41.2. The number of alkyl halides is 3. The summed E-state index contributed by atoms with van der Waals surface area (Å²) >= 11 is 0. The zero-order valence-electron chi connectivity index (χ0n) is 20.3. The van der Waals surface area contributed by atoms with E-state index < -0.39 is 17.6 Å². The van der Waals surface area contributed by atoms with Gasteiger partial charge in [0.25, 0.3) is 5.91 Å². The van der Waals surface area contributed by atoms with E-state index >= 15 is 0 Å². The van der Waals surface area contributed by atoms with Crippen molar-refractivity contribution < 1.29 is 22.8 Å². The van der Waals surface area contributed by atoms with Gasteiger partial charge in [0.05, 0.1) is 11.1 Å². The number of hydrogen-bond donors (Lipinski definition) is 1. The second kappa shape index (κ2) is 10.8. The summed E-state index contributed by atoms with van der Waals surface area (Å²) in [5.41, 5.74) is 2.08. The largest absolute Gasteiger partial charge is 0.416 e. The van der Waals surface area contributed by atoms with E-state index in [2.05, 4.69) is 5.32 Å². The second-order valence-electron chi connectivity index (χ2n) is 8.85. The summed E-state index contributed by atoms with van der Waals surface area (Å²) in [4.78, 5) is 27.0. The number of benzene rings is 2. The minimum atomic E-state index is -4.50. The first kappa shape index (κ1) is 26.1. The smallest absolute Gasteiger partial charge is 0.345 e. The maximum absolute atomic E-state index is 13.1. The van der Waals surface area contributed by atoms with Crippen LogP contribution in [-0.2, 0) is 17.5 Å². The van der Waals surface area contributed by atoms with Gasteiger partial charge in [-0.25, -0.2) is 0 Å². The number of halogens is 3. The minimum absolute atomic E-state index is 0.0682. The molecule has 3 aromatic rings. The van der Waals surface area contributed by atoms with Gasteiger partial charge in [0.2, 0.25) is 5.91 Å². The number of hydrogen-bond acceptors (Lipinski definition) is 2. The van der Waals surface area contributed by atoms with Gasteiger partial charge < -0.3 is 14.8 Å². The molecule has 0 radical (unpaired) electrons. The number of anilines is 1. The van der Waals surface area contributed by atoms with Crippen LogP contribution in [0.3, 0.4) is 0 Å². The Morgan fingerprint density at radius 2 is 1.71 bits per heavy atom. The van der Waals surface area contributed by atoms with Crippen LogP contribution in [0.5, 0.6) is 0 Å². The topological polar surface area (TPSA) is 54.3 Å². The van der Waals surface area contributed by atoms with E-state index in [1.165, 1.54) is 12.1 Å². The molecule has 0 aliphatic carbocycles. The van der Waals surface area contributed by atoms with Crippen LogP contribution in [0.15, 0.2) is 60.7 Å². The Balaban J connectivity index is 1.87. The molecular formula is C27H30F3N3O2. The van der Waals surface area contributed by atoms with Crippen molar-refractivity contribution in [3.05, 3.63) is 77.5 Å². The highest BCUT2D eigenvalue weighted by Crippen LogP contribution is 2.31. The van der Waals surface area contributed by atoms with Crippen molar-refractivity contribution in [1.29, 1.82) is 0 Å². The molecule has 0 spiro atoms. The number of aromatic nitrogens is 1. The molecule has 1 aromatic heterocycles. The fraction of sp³-hybridized carbons (Fsp3) is 0.333. The first-order valence-electron chi connectivity index (χ1n) is 11.5. The minimum Gasteiger partial charge on any atom is -0.345 e. The Hall–Kier alpha value is -3.55. The van der Waals surface area contributed by atoms with Crippen LogP contribution in [0, 0.1) is 12.8 Å². The van der Waals surface area contributed by atoms with Crippen LogP contribution < -0.4 is 5.32 Å². The summed E-state index contributed by atoms with van der Waals surface area (Å²) in [5, 5.41) is 2.60. The van der Waals surface area contributed by atoms with E-state index in [0.29, 0.717) is 30.8 Å². The lowest BCUT2D eigenvalue weighted by atomic mass is 10.1. The average Bonchev–Trinajstić information content (AvgIpc) is 3.15. The third-order valence-electron chi connectivity index (χ3n) is 5.87. The van der Waals surface area contributed by atoms with Gasteiger partial charge >= 0.3 is 6.18 Å². The van der Waals surface area contributed by atoms with E-state index in [1.807, 2.05) is 55.7 Å². The van der Waals surface area contributed by atoms with Crippen molar-refractivity contribution in [2.45, 2.75) is 39.9 Å². The van der Waals surface area contributed by atoms with Crippen LogP contribution in [0.1, 0.15) is 41.9 Å². The van der Waals surface area contributed by atoms with Crippen molar-refractivity contribution in [3.8, 4) is 11.3 Å². The first-order valence-corrected chi connectivity index (χ1v) is 11.5. The molecular weight excluding hydrogens is 455 g/mol. The van der Waals surface area contributed by atoms with Crippen LogP contribution in [0.2, 0.25) is 0 Å². The Kier molecular flexibility index (Phi) is 8.04. The van der Waals surface area contributed by atoms with Gasteiger partial charge in [-0.1, -0.05) is 50.2 Å². The van der Waals surface area contributed by atoms with Gasteiger partial charge in [-0.3, -0.25) is 9.59 Å². The van der Waals surface area contributed by atoms with E-state index in [1.54, 1.807) is 18.0 Å². The number of nitrogens with zero attached hydrogens (tertiary/aromatic N) is 2. The summed E-state index contributed by atoms with van der Waals surface area (Å²) in [6.07, 6.45) is -3.82. The molecule has 0 saturated carbocycles. The van der Waals surface area contributed by atoms with Gasteiger partial charge in [-0.05, 0) is 43.2 Å². The molecule has 5 nitrogen and oxygen atoms in total. The van der Waals surface area contributed by atoms with Crippen molar-refractivity contribution in [2.24, 2.45) is 5.92 Å². The molecule has 0 atom stereocenters. The molecule has 2 aromatic carbocycles. The maximum Gasteiger partial charge on any atom is 0.416 e. The molecule has 2 amide bonds. The number of carbonyl (C=O) groups is 2. The molecule has 1 heterocycles. The molecule has 0 unspecified atom stereocenters. The fourth-order valence-electron chi connectivity index (χ4n) is 4.00. The van der Waals surface area contributed by atoms with Crippen molar-refractivity contribution in [1.82, 2.24) is 9.47 Å². The highest BCUT2D eigenvalue weighted by molar-refractivity contribution is 6.06. The third kappa shape index (κ3) is 6.32. The predicted octanol–water partition coefficient (Wildman–Crippen LogP) is 6.24. The number of carbonyl (C=O) groups excluding carboxylic acids is 2. The third-order valence-corrected chi connectivity index (χ3v) is 5.87. The van der Waals surface area contributed by atoms with Gasteiger partial charge in [0.1, 0.15) is 0 Å². The van der Waals surface area contributed by atoms with Crippen molar-refractivity contribution in [3.63, 3.8) is 0 Å². The van der Waals surface area contributed by atoms with E-state index in [4.69, 9.17) is 0 Å². The number of nitrogens with one attached hydrogen (secondary N) is 1. The lowest BCUT2D eigenvalue weighted by Crippen LogP contribution is -2.31. The molecule has 35 heavy (non-hydrogen) atoms. The zero-order chi connectivity index (χ0) is 25.8. The fourth-order valence-corrected chi connectivity index (χ4v) is 4.00. The zero-order valence-corrected chi connectivity index (χ0v) is 20.3. The lowest BCUT2D eigenvalue weighted by Gasteiger charge is -2.20. The van der Waals surface area contributed by atoms with Crippen molar-refractivity contribution >= 4 is 17.5 Å². The average molecular weight is 486 g/mol. The number of rotatable bonds is 8. The molecule has 0 aliphatic heterocycles. The molecule has 0 aliphatic rings. The Morgan fingerprint density at radius 3 is 2.34 bits per heavy atom. The molecule has 3 rings (SSSR count). The SMILES string of the molecule is Cc1c(C(=O)Nc2cccc(C(F)(F)F)c2)cc(-c2ccccc2)n1CCCN(C)C(=O)C(C)C. The summed E-state index contributed by atoms with van der Waals surface area (Å²) in [5.74, 6) is -0.497. The van der Waals surface area contributed by atoms with E-state index in [0.717, 1.165) is 23.4 Å². The van der Waals surface area contributed by atoms with Crippen LogP contribution in [0.25, 0.3) is 11.3 Å². The van der Waals surface area contributed by atoms with Crippen LogP contribution >= 0.6 is 0 Å². The summed E-state index contributed by atoms with van der Waals surface area (Å²) in [6, 6.07) is 15.9. The van der Waals surface area contributed by atoms with Gasteiger partial charge in [0, 0.05) is 43.1 Å². The summed E-state index contributed by atoms with van der Waals surface area (Å²) in [7, 11) is 1.77. The monoisotopic (exact) mass is 485 g/mol.